The van der Waals surface area contributed by atoms with Gasteiger partial charge in [0.1, 0.15) is 0 Å². The molecule has 13 heavy (non-hydrogen) atoms. The van der Waals surface area contributed by atoms with Crippen molar-refractivity contribution in [1.29, 1.82) is 0 Å². The molecule has 0 atom stereocenters. The van der Waals surface area contributed by atoms with E-state index >= 15 is 0 Å². The summed E-state index contributed by atoms with van der Waals surface area (Å²) < 4.78 is 1.92. The normalized spacial score (nSPS) is 19.0. The largest absolute Gasteiger partial charge is 0.396 e. The molecular weight excluding hydrogens is 164 g/mol. The molecule has 1 heterocycles. The number of hydrogen-bond donors (Lipinski definition) is 1. The van der Waals surface area contributed by atoms with E-state index in [1.165, 1.54) is 11.3 Å². The number of aliphatic hydroxyl groups excluding tert-OH is 1. The van der Waals surface area contributed by atoms with Crippen molar-refractivity contribution in [2.75, 3.05) is 6.61 Å². The Morgan fingerprint density at radius 1 is 1.62 bits per heavy atom. The van der Waals surface area contributed by atoms with Crippen LogP contribution in [0.1, 0.15) is 24.1 Å². The molecule has 3 nitrogen and oxygen atoms in total. The maximum Gasteiger partial charge on any atom is 0.0521 e. The predicted octanol–water partition coefficient (Wildman–Crippen LogP) is 1.04. The summed E-state index contributed by atoms with van der Waals surface area (Å²) in [6.07, 6.45) is 5.19. The SMILES string of the molecule is Cc1cnn(C)c1CC1(CO)CC1. The monoisotopic (exact) mass is 180 g/mol. The first-order valence-electron chi connectivity index (χ1n) is 4.75. The van der Waals surface area contributed by atoms with Gasteiger partial charge in [0.05, 0.1) is 6.20 Å². The lowest BCUT2D eigenvalue weighted by atomic mass is 9.99. The number of aryl methyl sites for hydroxylation is 2. The topological polar surface area (TPSA) is 38.0 Å². The maximum atomic E-state index is 9.21. The van der Waals surface area contributed by atoms with Gasteiger partial charge in [0.25, 0.3) is 0 Å². The van der Waals surface area contributed by atoms with Crippen LogP contribution in [0.15, 0.2) is 6.20 Å². The highest BCUT2D eigenvalue weighted by molar-refractivity contribution is 5.19. The summed E-state index contributed by atoms with van der Waals surface area (Å²) in [5.74, 6) is 0. The fraction of sp³-hybridized carbons (Fsp3) is 0.700. The van der Waals surface area contributed by atoms with E-state index in [1.807, 2.05) is 17.9 Å². The lowest BCUT2D eigenvalue weighted by Gasteiger charge is -2.12. The summed E-state index contributed by atoms with van der Waals surface area (Å²) in [4.78, 5) is 0. The molecule has 1 N–H and O–H groups in total. The zero-order valence-electron chi connectivity index (χ0n) is 8.25. The van der Waals surface area contributed by atoms with Gasteiger partial charge in [-0.05, 0) is 37.2 Å². The minimum absolute atomic E-state index is 0.193. The minimum Gasteiger partial charge on any atom is -0.396 e. The fourth-order valence-electron chi connectivity index (χ4n) is 1.75. The third-order valence-electron chi connectivity index (χ3n) is 3.11. The van der Waals surface area contributed by atoms with Crippen LogP contribution in [-0.4, -0.2) is 21.5 Å². The molecule has 0 aromatic carbocycles. The molecule has 3 heteroatoms. The van der Waals surface area contributed by atoms with Gasteiger partial charge in [-0.1, -0.05) is 0 Å². The highest BCUT2D eigenvalue weighted by atomic mass is 16.3. The van der Waals surface area contributed by atoms with Crippen molar-refractivity contribution in [1.82, 2.24) is 9.78 Å². The minimum atomic E-state index is 0.193. The van der Waals surface area contributed by atoms with E-state index < -0.39 is 0 Å². The molecule has 72 valence electrons. The van der Waals surface area contributed by atoms with Crippen molar-refractivity contribution in [2.24, 2.45) is 12.5 Å². The predicted molar refractivity (Wildman–Crippen MR) is 50.4 cm³/mol. The molecule has 0 spiro atoms. The molecule has 1 fully saturated rings. The average molecular weight is 180 g/mol. The van der Waals surface area contributed by atoms with Crippen LogP contribution in [-0.2, 0) is 13.5 Å². The van der Waals surface area contributed by atoms with Gasteiger partial charge < -0.3 is 5.11 Å². The number of rotatable bonds is 3. The van der Waals surface area contributed by atoms with E-state index in [2.05, 4.69) is 12.0 Å². The molecule has 0 bridgehead atoms. The van der Waals surface area contributed by atoms with Gasteiger partial charge in [-0.2, -0.15) is 5.10 Å². The highest BCUT2D eigenvalue weighted by Crippen LogP contribution is 2.47. The molecule has 1 aromatic heterocycles. The number of aromatic nitrogens is 2. The molecular formula is C10H16N2O. The van der Waals surface area contributed by atoms with Gasteiger partial charge in [0.2, 0.25) is 0 Å². The van der Waals surface area contributed by atoms with Crippen LogP contribution >= 0.6 is 0 Å². The molecule has 0 radical (unpaired) electrons. The summed E-state index contributed by atoms with van der Waals surface area (Å²) in [5, 5.41) is 13.4. The molecule has 0 saturated heterocycles. The summed E-state index contributed by atoms with van der Waals surface area (Å²) in [5.41, 5.74) is 2.70. The fourth-order valence-corrected chi connectivity index (χ4v) is 1.75. The number of aliphatic hydroxyl groups is 1. The first-order valence-corrected chi connectivity index (χ1v) is 4.75. The molecule has 0 aliphatic heterocycles. The number of hydrogen-bond acceptors (Lipinski definition) is 2. The van der Waals surface area contributed by atoms with Crippen molar-refractivity contribution >= 4 is 0 Å². The standard InChI is InChI=1S/C10H16N2O/c1-8-6-11-12(2)9(8)5-10(7-13)3-4-10/h6,13H,3-5,7H2,1-2H3. The van der Waals surface area contributed by atoms with Crippen molar-refractivity contribution in [3.8, 4) is 0 Å². The van der Waals surface area contributed by atoms with Crippen LogP contribution in [0.4, 0.5) is 0 Å². The van der Waals surface area contributed by atoms with E-state index in [0.717, 1.165) is 19.3 Å². The summed E-state index contributed by atoms with van der Waals surface area (Å²) in [6, 6.07) is 0. The van der Waals surface area contributed by atoms with Gasteiger partial charge >= 0.3 is 0 Å². The lowest BCUT2D eigenvalue weighted by Crippen LogP contribution is -2.13. The van der Waals surface area contributed by atoms with Crippen LogP contribution in [0.2, 0.25) is 0 Å². The molecule has 2 rings (SSSR count). The second-order valence-corrected chi connectivity index (χ2v) is 4.23. The second kappa shape index (κ2) is 2.84. The second-order valence-electron chi connectivity index (χ2n) is 4.23. The highest BCUT2D eigenvalue weighted by Gasteiger charge is 2.42. The van der Waals surface area contributed by atoms with Crippen molar-refractivity contribution in [3.63, 3.8) is 0 Å². The molecule has 0 unspecified atom stereocenters. The van der Waals surface area contributed by atoms with Crippen molar-refractivity contribution in [2.45, 2.75) is 26.2 Å². The Hall–Kier alpha value is -0.830. The lowest BCUT2D eigenvalue weighted by molar-refractivity contribution is 0.209. The van der Waals surface area contributed by atoms with Gasteiger partial charge in [0.15, 0.2) is 0 Å². The van der Waals surface area contributed by atoms with E-state index in [0.29, 0.717) is 6.61 Å². The van der Waals surface area contributed by atoms with Gasteiger partial charge in [-0.15, -0.1) is 0 Å². The third-order valence-corrected chi connectivity index (χ3v) is 3.11. The van der Waals surface area contributed by atoms with Gasteiger partial charge in [-0.3, -0.25) is 4.68 Å². The van der Waals surface area contributed by atoms with Crippen LogP contribution in [0.3, 0.4) is 0 Å². The zero-order valence-corrected chi connectivity index (χ0v) is 8.25. The van der Waals surface area contributed by atoms with Crippen LogP contribution in [0.25, 0.3) is 0 Å². The molecule has 1 aliphatic carbocycles. The summed E-state index contributed by atoms with van der Waals surface area (Å²) in [6.45, 7) is 2.40. The van der Waals surface area contributed by atoms with Gasteiger partial charge in [0, 0.05) is 19.3 Å². The van der Waals surface area contributed by atoms with E-state index in [1.54, 1.807) is 0 Å². The quantitative estimate of drug-likeness (QED) is 0.754. The Kier molecular flexibility index (Phi) is 1.91. The van der Waals surface area contributed by atoms with Crippen LogP contribution in [0.5, 0.6) is 0 Å². The summed E-state index contributed by atoms with van der Waals surface area (Å²) >= 11 is 0. The third kappa shape index (κ3) is 1.48. The Bertz CT molecular complexity index is 293. The Labute approximate surface area is 78.4 Å². The zero-order chi connectivity index (χ0) is 9.47. The van der Waals surface area contributed by atoms with E-state index in [9.17, 15) is 5.11 Å². The summed E-state index contributed by atoms with van der Waals surface area (Å²) in [7, 11) is 1.97. The molecule has 1 saturated carbocycles. The van der Waals surface area contributed by atoms with Crippen molar-refractivity contribution < 1.29 is 5.11 Å². The maximum absolute atomic E-state index is 9.21. The van der Waals surface area contributed by atoms with Gasteiger partial charge in [-0.25, -0.2) is 0 Å². The Balaban J connectivity index is 2.17. The van der Waals surface area contributed by atoms with Crippen LogP contribution < -0.4 is 0 Å². The van der Waals surface area contributed by atoms with E-state index in [4.69, 9.17) is 0 Å². The smallest absolute Gasteiger partial charge is 0.0521 e. The van der Waals surface area contributed by atoms with Crippen LogP contribution in [0, 0.1) is 12.3 Å². The number of nitrogens with zero attached hydrogens (tertiary/aromatic N) is 2. The Morgan fingerprint density at radius 3 is 2.69 bits per heavy atom. The molecule has 1 aromatic rings. The first-order chi connectivity index (χ1) is 6.17. The van der Waals surface area contributed by atoms with E-state index in [-0.39, 0.29) is 5.41 Å². The molecule has 0 amide bonds. The van der Waals surface area contributed by atoms with Crippen molar-refractivity contribution in [3.05, 3.63) is 17.5 Å². The Morgan fingerprint density at radius 2 is 2.31 bits per heavy atom. The average Bonchev–Trinajstić information content (AvgIpc) is 2.84. The molecule has 1 aliphatic rings. The first kappa shape index (κ1) is 8.75.